The summed E-state index contributed by atoms with van der Waals surface area (Å²) in [6, 6.07) is 12.4. The molecule has 0 bridgehead atoms. The van der Waals surface area contributed by atoms with E-state index in [-0.39, 0.29) is 11.7 Å². The van der Waals surface area contributed by atoms with Gasteiger partial charge in [0.1, 0.15) is 12.2 Å². The molecule has 202 valence electrons. The van der Waals surface area contributed by atoms with Crippen LogP contribution < -0.4 is 0 Å². The van der Waals surface area contributed by atoms with Gasteiger partial charge in [-0.1, -0.05) is 61.3 Å². The van der Waals surface area contributed by atoms with E-state index < -0.39 is 57.2 Å². The Bertz CT molecular complexity index is 1240. The number of hydrogen-bond acceptors (Lipinski definition) is 5. The van der Waals surface area contributed by atoms with Crippen LogP contribution in [0.5, 0.6) is 0 Å². The number of nitrogens with zero attached hydrogens (tertiary/aromatic N) is 1. The van der Waals surface area contributed by atoms with Crippen LogP contribution in [0.4, 0.5) is 0 Å². The van der Waals surface area contributed by atoms with Crippen molar-refractivity contribution in [3.8, 4) is 0 Å². The van der Waals surface area contributed by atoms with Crippen LogP contribution in [0.2, 0.25) is 10.0 Å². The molecule has 1 N–H and O–H groups in total. The lowest BCUT2D eigenvalue weighted by molar-refractivity contribution is -0.184. The molecule has 1 aliphatic heterocycles. The topological polar surface area (TPSA) is 101 Å². The van der Waals surface area contributed by atoms with E-state index in [0.717, 1.165) is 0 Å². The lowest BCUT2D eigenvalue weighted by Gasteiger charge is -2.49. The van der Waals surface area contributed by atoms with Crippen molar-refractivity contribution in [3.05, 3.63) is 69.7 Å². The Morgan fingerprint density at radius 1 is 1.05 bits per heavy atom. The Balaban J connectivity index is 2.26. The lowest BCUT2D eigenvalue weighted by atomic mass is 9.88. The van der Waals surface area contributed by atoms with Crippen LogP contribution in [0.3, 0.4) is 0 Å². The van der Waals surface area contributed by atoms with Crippen LogP contribution in [-0.4, -0.2) is 52.9 Å². The second-order valence-corrected chi connectivity index (χ2v) is 14.3. The van der Waals surface area contributed by atoms with Crippen LogP contribution in [0, 0.1) is 5.92 Å². The predicted molar refractivity (Wildman–Crippen MR) is 145 cm³/mol. The van der Waals surface area contributed by atoms with Gasteiger partial charge in [-0.25, -0.2) is 8.42 Å². The van der Waals surface area contributed by atoms with Crippen molar-refractivity contribution in [1.82, 2.24) is 4.90 Å². The number of benzene rings is 2. The van der Waals surface area contributed by atoms with Crippen LogP contribution in [0.15, 0.2) is 48.5 Å². The number of carboxylic acid groups (broad SMARTS) is 1. The first-order chi connectivity index (χ1) is 17.1. The van der Waals surface area contributed by atoms with E-state index >= 15 is 0 Å². The summed E-state index contributed by atoms with van der Waals surface area (Å²) in [5.74, 6) is -2.31. The molecule has 0 unspecified atom stereocenters. The molecule has 7 nitrogen and oxygen atoms in total. The molecular formula is C27H33Cl2NO6S. The number of aliphatic carboxylic acids is 1. The predicted octanol–water partition coefficient (Wildman–Crippen LogP) is 5.72. The zero-order valence-corrected chi connectivity index (χ0v) is 23.8. The van der Waals surface area contributed by atoms with Gasteiger partial charge in [0.15, 0.2) is 9.84 Å². The molecule has 2 aromatic carbocycles. The van der Waals surface area contributed by atoms with Gasteiger partial charge in [0, 0.05) is 16.1 Å². The number of carbonyl (C=O) groups excluding carboxylic acids is 1. The molecule has 0 aromatic heterocycles. The minimum absolute atomic E-state index is 0.264. The molecule has 1 aliphatic rings. The van der Waals surface area contributed by atoms with Gasteiger partial charge in [0.05, 0.1) is 23.0 Å². The summed E-state index contributed by atoms with van der Waals surface area (Å²) in [7, 11) is -3.65. The Morgan fingerprint density at radius 3 is 2.19 bits per heavy atom. The van der Waals surface area contributed by atoms with Crippen LogP contribution in [0.25, 0.3) is 0 Å². The SMILES string of the molecule is CC(C)[C@@H](CS(=O)(=O)C(C)(C)C)N1C(=O)[C@H](CC(=O)O)O[C@H](c2cccc(Cl)c2)[C@H]1c1ccc(Cl)cc1. The largest absolute Gasteiger partial charge is 0.481 e. The first kappa shape index (κ1) is 29.4. The van der Waals surface area contributed by atoms with Gasteiger partial charge in [0.25, 0.3) is 5.91 Å². The maximum absolute atomic E-state index is 13.9. The first-order valence-corrected chi connectivity index (χ1v) is 14.5. The van der Waals surface area contributed by atoms with Gasteiger partial charge in [-0.3, -0.25) is 9.59 Å². The second-order valence-electron chi connectivity index (χ2n) is 10.6. The lowest BCUT2D eigenvalue weighted by Crippen LogP contribution is -2.58. The third-order valence-corrected chi connectivity index (χ3v) is 9.76. The molecule has 0 aliphatic carbocycles. The average Bonchev–Trinajstić information content (AvgIpc) is 2.78. The standard InChI is InChI=1S/C27H33Cl2NO6S/c1-16(2)21(15-37(34,35)27(3,4)5)30-24(17-9-11-19(28)12-10-17)25(18-7-6-8-20(29)13-18)36-22(26(30)33)14-23(31)32/h6-13,16,21-22,24-25H,14-15H2,1-5H3,(H,31,32)/t21-,22+,24-,25-/m1/s1. The number of amides is 1. The van der Waals surface area contributed by atoms with E-state index in [1.807, 2.05) is 13.8 Å². The van der Waals surface area contributed by atoms with E-state index in [1.165, 1.54) is 4.90 Å². The van der Waals surface area contributed by atoms with Gasteiger partial charge in [-0.2, -0.15) is 0 Å². The van der Waals surface area contributed by atoms with E-state index in [9.17, 15) is 23.1 Å². The fraction of sp³-hybridized carbons (Fsp3) is 0.481. The van der Waals surface area contributed by atoms with E-state index in [1.54, 1.807) is 69.3 Å². The van der Waals surface area contributed by atoms with E-state index in [0.29, 0.717) is 21.2 Å². The number of rotatable bonds is 8. The summed E-state index contributed by atoms with van der Waals surface area (Å²) in [5.41, 5.74) is 1.32. The molecule has 1 fully saturated rings. The quantitative estimate of drug-likeness (QED) is 0.436. The van der Waals surface area contributed by atoms with Gasteiger partial charge in [-0.05, 0) is 62.1 Å². The number of morpholine rings is 1. The summed E-state index contributed by atoms with van der Waals surface area (Å²) < 4.78 is 31.9. The first-order valence-electron chi connectivity index (χ1n) is 12.0. The minimum atomic E-state index is -3.65. The van der Waals surface area contributed by atoms with Crippen molar-refractivity contribution < 1.29 is 27.9 Å². The monoisotopic (exact) mass is 569 g/mol. The van der Waals surface area contributed by atoms with Crippen molar-refractivity contribution in [2.45, 2.75) is 70.1 Å². The fourth-order valence-corrected chi connectivity index (χ4v) is 6.25. The smallest absolute Gasteiger partial charge is 0.306 e. The Morgan fingerprint density at radius 2 is 1.68 bits per heavy atom. The third-order valence-electron chi connectivity index (χ3n) is 6.63. The van der Waals surface area contributed by atoms with Crippen LogP contribution in [0.1, 0.15) is 64.3 Å². The molecule has 2 aromatic rings. The van der Waals surface area contributed by atoms with Gasteiger partial charge in [0.2, 0.25) is 0 Å². The maximum Gasteiger partial charge on any atom is 0.306 e. The number of hydrogen-bond donors (Lipinski definition) is 1. The highest BCUT2D eigenvalue weighted by molar-refractivity contribution is 7.92. The van der Waals surface area contributed by atoms with E-state index in [4.69, 9.17) is 27.9 Å². The number of carboxylic acids is 1. The van der Waals surface area contributed by atoms with Gasteiger partial charge in [-0.15, -0.1) is 0 Å². The van der Waals surface area contributed by atoms with Crippen LogP contribution in [-0.2, 0) is 24.2 Å². The molecule has 0 spiro atoms. The zero-order chi connectivity index (χ0) is 27.7. The summed E-state index contributed by atoms with van der Waals surface area (Å²) in [5, 5.41) is 10.5. The fourth-order valence-electron chi connectivity index (χ4n) is 4.43. The van der Waals surface area contributed by atoms with Gasteiger partial charge >= 0.3 is 5.97 Å². The highest BCUT2D eigenvalue weighted by atomic mass is 35.5. The number of sulfone groups is 1. The number of carbonyl (C=O) groups is 2. The molecule has 1 heterocycles. The summed E-state index contributed by atoms with van der Waals surface area (Å²) in [6.07, 6.45) is -2.67. The minimum Gasteiger partial charge on any atom is -0.481 e. The highest BCUT2D eigenvalue weighted by Gasteiger charge is 2.49. The molecule has 0 saturated carbocycles. The van der Waals surface area contributed by atoms with Gasteiger partial charge < -0.3 is 14.7 Å². The van der Waals surface area contributed by atoms with E-state index in [2.05, 4.69) is 0 Å². The molecule has 4 atom stereocenters. The number of ether oxygens (including phenoxy) is 1. The van der Waals surface area contributed by atoms with Crippen molar-refractivity contribution in [2.24, 2.45) is 5.92 Å². The Kier molecular flexibility index (Phi) is 9.00. The molecule has 3 rings (SSSR count). The Hall–Kier alpha value is -2.13. The Labute approximate surface area is 228 Å². The van der Waals surface area contributed by atoms with Crippen molar-refractivity contribution in [2.75, 3.05) is 5.75 Å². The summed E-state index contributed by atoms with van der Waals surface area (Å²) >= 11 is 12.4. The number of halogens is 2. The molecule has 10 heteroatoms. The molecule has 1 saturated heterocycles. The molecule has 0 radical (unpaired) electrons. The van der Waals surface area contributed by atoms with Crippen LogP contribution >= 0.6 is 23.2 Å². The highest BCUT2D eigenvalue weighted by Crippen LogP contribution is 2.45. The summed E-state index contributed by atoms with van der Waals surface area (Å²) in [4.78, 5) is 27.1. The summed E-state index contributed by atoms with van der Waals surface area (Å²) in [6.45, 7) is 8.58. The van der Waals surface area contributed by atoms with Crippen molar-refractivity contribution in [3.63, 3.8) is 0 Å². The molecular weight excluding hydrogens is 537 g/mol. The normalized spacial score (nSPS) is 21.8. The molecule has 1 amide bonds. The zero-order valence-electron chi connectivity index (χ0n) is 21.5. The van der Waals surface area contributed by atoms with Crippen molar-refractivity contribution >= 4 is 44.9 Å². The average molecular weight is 571 g/mol. The maximum atomic E-state index is 13.9. The molecule has 37 heavy (non-hydrogen) atoms. The van der Waals surface area contributed by atoms with Crippen molar-refractivity contribution in [1.29, 1.82) is 0 Å². The second kappa shape index (κ2) is 11.3. The third kappa shape index (κ3) is 6.66.